The number of imidazole rings is 1. The normalized spacial score (nSPS) is 12.5. The first-order valence-electron chi connectivity index (χ1n) is 6.72. The molecule has 21 heavy (non-hydrogen) atoms. The lowest BCUT2D eigenvalue weighted by atomic mass is 10.3. The molecule has 1 unspecified atom stereocenters. The van der Waals surface area contributed by atoms with Crippen LogP contribution in [0.15, 0.2) is 30.5 Å². The van der Waals surface area contributed by atoms with E-state index < -0.39 is 0 Å². The third kappa shape index (κ3) is 2.91. The minimum Gasteiger partial charge on any atom is -0.345 e. The molecule has 0 aliphatic carbocycles. The second-order valence-corrected chi connectivity index (χ2v) is 4.96. The van der Waals surface area contributed by atoms with Crippen LogP contribution in [0.5, 0.6) is 0 Å². The van der Waals surface area contributed by atoms with Crippen LogP contribution in [0.4, 0.5) is 0 Å². The molecule has 1 amide bonds. The molecule has 108 valence electrons. The summed E-state index contributed by atoms with van der Waals surface area (Å²) < 4.78 is 0. The highest BCUT2D eigenvalue weighted by Gasteiger charge is 2.13. The maximum absolute atomic E-state index is 12.0. The Kier molecular flexibility index (Phi) is 3.39. The summed E-state index contributed by atoms with van der Waals surface area (Å²) in [6, 6.07) is 7.33. The molecule has 1 aromatic carbocycles. The van der Waals surface area contributed by atoms with Crippen molar-refractivity contribution in [2.45, 2.75) is 26.4 Å². The maximum Gasteiger partial charge on any atom is 0.244 e. The Labute approximate surface area is 121 Å². The van der Waals surface area contributed by atoms with Crippen molar-refractivity contribution in [3.63, 3.8) is 0 Å². The van der Waals surface area contributed by atoms with Crippen LogP contribution in [0, 0.1) is 6.92 Å². The van der Waals surface area contributed by atoms with E-state index in [9.17, 15) is 4.79 Å². The van der Waals surface area contributed by atoms with Gasteiger partial charge < -0.3 is 10.3 Å². The molecule has 0 radical (unpaired) electrons. The SMILES string of the molecule is Cc1cnc(C(C)NC(=O)Cn2nc3ccccc3n2)[nH]1. The number of carbonyl (C=O) groups is 1. The molecule has 7 nitrogen and oxygen atoms in total. The van der Waals surface area contributed by atoms with E-state index >= 15 is 0 Å². The molecular weight excluding hydrogens is 268 g/mol. The third-order valence-corrected chi connectivity index (χ3v) is 3.12. The molecule has 0 spiro atoms. The van der Waals surface area contributed by atoms with Gasteiger partial charge in [0.25, 0.3) is 0 Å². The number of nitrogens with one attached hydrogen (secondary N) is 2. The highest BCUT2D eigenvalue weighted by atomic mass is 16.2. The van der Waals surface area contributed by atoms with E-state index in [0.29, 0.717) is 0 Å². The summed E-state index contributed by atoms with van der Waals surface area (Å²) in [7, 11) is 0. The summed E-state index contributed by atoms with van der Waals surface area (Å²) in [6.45, 7) is 3.88. The standard InChI is InChI=1S/C14H16N6O/c1-9-7-15-14(16-9)10(2)17-13(21)8-20-18-11-5-3-4-6-12(11)19-20/h3-7,10H,8H2,1-2H3,(H,15,16)(H,17,21). The lowest BCUT2D eigenvalue weighted by molar-refractivity contribution is -0.122. The third-order valence-electron chi connectivity index (χ3n) is 3.12. The van der Waals surface area contributed by atoms with Gasteiger partial charge in [0.05, 0.1) is 6.04 Å². The first kappa shape index (κ1) is 13.3. The van der Waals surface area contributed by atoms with Crippen LogP contribution in [0.2, 0.25) is 0 Å². The van der Waals surface area contributed by atoms with E-state index in [0.717, 1.165) is 22.6 Å². The fourth-order valence-corrected chi connectivity index (χ4v) is 2.11. The molecule has 2 aromatic heterocycles. The summed E-state index contributed by atoms with van der Waals surface area (Å²) in [5.41, 5.74) is 2.52. The van der Waals surface area contributed by atoms with Gasteiger partial charge in [-0.3, -0.25) is 4.79 Å². The molecule has 1 atom stereocenters. The van der Waals surface area contributed by atoms with Crippen LogP contribution in [0.1, 0.15) is 24.5 Å². The minimum atomic E-state index is -0.184. The molecule has 0 aliphatic rings. The lowest BCUT2D eigenvalue weighted by Crippen LogP contribution is -2.31. The monoisotopic (exact) mass is 284 g/mol. The zero-order valence-corrected chi connectivity index (χ0v) is 11.9. The van der Waals surface area contributed by atoms with E-state index in [4.69, 9.17) is 0 Å². The summed E-state index contributed by atoms with van der Waals surface area (Å²) in [5, 5.41) is 11.4. The van der Waals surface area contributed by atoms with Crippen LogP contribution in [0.25, 0.3) is 11.0 Å². The Hall–Kier alpha value is -2.70. The molecule has 0 bridgehead atoms. The average Bonchev–Trinajstić information content (AvgIpc) is 3.03. The van der Waals surface area contributed by atoms with Gasteiger partial charge in [-0.05, 0) is 26.0 Å². The van der Waals surface area contributed by atoms with Crippen LogP contribution >= 0.6 is 0 Å². The van der Waals surface area contributed by atoms with Crippen molar-refractivity contribution < 1.29 is 4.79 Å². The zero-order chi connectivity index (χ0) is 14.8. The van der Waals surface area contributed by atoms with Gasteiger partial charge in [-0.1, -0.05) is 12.1 Å². The number of aromatic nitrogens is 5. The quantitative estimate of drug-likeness (QED) is 0.756. The van der Waals surface area contributed by atoms with Crippen molar-refractivity contribution in [1.29, 1.82) is 0 Å². The largest absolute Gasteiger partial charge is 0.345 e. The van der Waals surface area contributed by atoms with Crippen molar-refractivity contribution in [2.75, 3.05) is 0 Å². The number of hydrogen-bond donors (Lipinski definition) is 2. The Bertz CT molecular complexity index is 741. The number of amides is 1. The fourth-order valence-electron chi connectivity index (χ4n) is 2.11. The van der Waals surface area contributed by atoms with Crippen LogP contribution < -0.4 is 5.32 Å². The van der Waals surface area contributed by atoms with E-state index in [-0.39, 0.29) is 18.5 Å². The molecule has 3 aromatic rings. The predicted octanol–water partition coefficient (Wildman–Crippen LogP) is 1.34. The van der Waals surface area contributed by atoms with E-state index in [1.54, 1.807) is 6.20 Å². The van der Waals surface area contributed by atoms with Gasteiger partial charge in [0.15, 0.2) is 0 Å². The number of aryl methyl sites for hydroxylation is 1. The summed E-state index contributed by atoms with van der Waals surface area (Å²) in [5.74, 6) is 0.580. The van der Waals surface area contributed by atoms with Crippen molar-refractivity contribution in [3.05, 3.63) is 42.0 Å². The van der Waals surface area contributed by atoms with Crippen molar-refractivity contribution >= 4 is 16.9 Å². The summed E-state index contributed by atoms with van der Waals surface area (Å²) in [6.07, 6.45) is 1.74. The minimum absolute atomic E-state index is 0.0821. The Morgan fingerprint density at radius 2 is 2.00 bits per heavy atom. The lowest BCUT2D eigenvalue weighted by Gasteiger charge is -2.10. The highest BCUT2D eigenvalue weighted by Crippen LogP contribution is 2.09. The summed E-state index contributed by atoms with van der Waals surface area (Å²) in [4.78, 5) is 20.7. The molecule has 0 saturated heterocycles. The number of nitrogens with zero attached hydrogens (tertiary/aromatic N) is 4. The average molecular weight is 284 g/mol. The van der Waals surface area contributed by atoms with Gasteiger partial charge in [-0.25, -0.2) is 4.98 Å². The molecule has 0 fully saturated rings. The van der Waals surface area contributed by atoms with Crippen LogP contribution in [-0.2, 0) is 11.3 Å². The first-order chi connectivity index (χ1) is 10.1. The van der Waals surface area contributed by atoms with Crippen molar-refractivity contribution in [3.8, 4) is 0 Å². The number of fused-ring (bicyclic) bond motifs is 1. The number of rotatable bonds is 4. The Morgan fingerprint density at radius 1 is 1.33 bits per heavy atom. The number of benzene rings is 1. The second-order valence-electron chi connectivity index (χ2n) is 4.96. The predicted molar refractivity (Wildman–Crippen MR) is 77.4 cm³/mol. The van der Waals surface area contributed by atoms with Gasteiger partial charge >= 0.3 is 0 Å². The van der Waals surface area contributed by atoms with Gasteiger partial charge in [-0.15, -0.1) is 0 Å². The highest BCUT2D eigenvalue weighted by molar-refractivity contribution is 5.77. The molecule has 2 heterocycles. The van der Waals surface area contributed by atoms with Gasteiger partial charge in [0.2, 0.25) is 5.91 Å². The van der Waals surface area contributed by atoms with Gasteiger partial charge in [0.1, 0.15) is 23.4 Å². The molecule has 0 saturated carbocycles. The topological polar surface area (TPSA) is 88.5 Å². The zero-order valence-electron chi connectivity index (χ0n) is 11.9. The van der Waals surface area contributed by atoms with Crippen molar-refractivity contribution in [2.24, 2.45) is 0 Å². The molecule has 0 aliphatic heterocycles. The number of carbonyl (C=O) groups excluding carboxylic acids is 1. The van der Waals surface area contributed by atoms with Crippen LogP contribution in [-0.4, -0.2) is 30.9 Å². The summed E-state index contributed by atoms with van der Waals surface area (Å²) >= 11 is 0. The van der Waals surface area contributed by atoms with Crippen LogP contribution in [0.3, 0.4) is 0 Å². The molecular formula is C14H16N6O. The number of aromatic amines is 1. The second kappa shape index (κ2) is 5.35. The van der Waals surface area contributed by atoms with E-state index in [2.05, 4.69) is 25.5 Å². The number of H-pyrrole nitrogens is 1. The van der Waals surface area contributed by atoms with Crippen molar-refractivity contribution in [1.82, 2.24) is 30.3 Å². The molecule has 3 rings (SSSR count). The smallest absolute Gasteiger partial charge is 0.244 e. The maximum atomic E-state index is 12.0. The molecule has 7 heteroatoms. The van der Waals surface area contributed by atoms with Gasteiger partial charge in [-0.2, -0.15) is 15.0 Å². The van der Waals surface area contributed by atoms with E-state index in [1.807, 2.05) is 38.1 Å². The molecule has 2 N–H and O–H groups in total. The fraction of sp³-hybridized carbons (Fsp3) is 0.286. The Morgan fingerprint density at radius 3 is 2.57 bits per heavy atom. The Balaban J connectivity index is 1.66. The van der Waals surface area contributed by atoms with Gasteiger partial charge in [0, 0.05) is 11.9 Å². The van der Waals surface area contributed by atoms with E-state index in [1.165, 1.54) is 4.80 Å². The number of hydrogen-bond acceptors (Lipinski definition) is 4. The first-order valence-corrected chi connectivity index (χ1v) is 6.72.